The summed E-state index contributed by atoms with van der Waals surface area (Å²) >= 11 is 0. The van der Waals surface area contributed by atoms with Gasteiger partial charge >= 0.3 is 5.97 Å². The van der Waals surface area contributed by atoms with E-state index in [1.165, 1.54) is 0 Å². The van der Waals surface area contributed by atoms with Crippen LogP contribution >= 0.6 is 0 Å². The van der Waals surface area contributed by atoms with E-state index in [1.807, 2.05) is 18.2 Å². The van der Waals surface area contributed by atoms with E-state index in [4.69, 9.17) is 4.74 Å². The van der Waals surface area contributed by atoms with E-state index in [0.717, 1.165) is 18.4 Å². The second-order valence-electron chi connectivity index (χ2n) is 7.33. The van der Waals surface area contributed by atoms with E-state index in [9.17, 15) is 14.7 Å². The summed E-state index contributed by atoms with van der Waals surface area (Å²) in [6.45, 7) is 1.19. The highest BCUT2D eigenvalue weighted by Gasteiger charge is 2.46. The fourth-order valence-corrected chi connectivity index (χ4v) is 3.81. The van der Waals surface area contributed by atoms with Crippen LogP contribution in [0.4, 0.5) is 0 Å². The smallest absolute Gasteiger partial charge is 0.308 e. The Morgan fingerprint density at radius 2 is 2.04 bits per heavy atom. The van der Waals surface area contributed by atoms with Crippen LogP contribution in [0.5, 0.6) is 5.75 Å². The third-order valence-corrected chi connectivity index (χ3v) is 5.41. The number of amides is 1. The first kappa shape index (κ1) is 17.5. The number of carbonyl (C=O) groups is 2. The Morgan fingerprint density at radius 1 is 1.19 bits per heavy atom. The molecule has 140 valence electrons. The standard InChI is InChI=1S/C21H22N2O4/c24-20(23-11-18(15-6-7-15)19(12-23)21(25)26)16-4-1-5-17(9-16)27-13-14-3-2-8-22-10-14/h1-5,8-10,15,18-19H,6-7,11-13H2,(H,25,26)/t18-,19+/m1/s1. The fourth-order valence-electron chi connectivity index (χ4n) is 3.81. The Bertz CT molecular complexity index is 835. The zero-order valence-electron chi connectivity index (χ0n) is 15.0. The van der Waals surface area contributed by atoms with Crippen LogP contribution < -0.4 is 4.74 Å². The van der Waals surface area contributed by atoms with E-state index < -0.39 is 11.9 Å². The summed E-state index contributed by atoms with van der Waals surface area (Å²) < 4.78 is 5.77. The molecule has 0 radical (unpaired) electrons. The van der Waals surface area contributed by atoms with E-state index in [1.54, 1.807) is 35.5 Å². The summed E-state index contributed by atoms with van der Waals surface area (Å²) in [7, 11) is 0. The minimum Gasteiger partial charge on any atom is -0.489 e. The minimum atomic E-state index is -0.796. The predicted octanol–water partition coefficient (Wildman–Crippen LogP) is 2.84. The van der Waals surface area contributed by atoms with E-state index in [-0.39, 0.29) is 18.4 Å². The topological polar surface area (TPSA) is 79.7 Å². The number of benzene rings is 1. The predicted molar refractivity (Wildman–Crippen MR) is 98.3 cm³/mol. The van der Waals surface area contributed by atoms with E-state index in [0.29, 0.717) is 30.4 Å². The molecule has 2 fully saturated rings. The van der Waals surface area contributed by atoms with Crippen LogP contribution in [-0.2, 0) is 11.4 Å². The Morgan fingerprint density at radius 3 is 2.74 bits per heavy atom. The molecule has 0 unspecified atom stereocenters. The molecule has 2 atom stereocenters. The monoisotopic (exact) mass is 366 g/mol. The molecule has 6 heteroatoms. The number of carboxylic acids is 1. The molecule has 1 aliphatic carbocycles. The molecule has 2 aromatic rings. The third-order valence-electron chi connectivity index (χ3n) is 5.41. The zero-order chi connectivity index (χ0) is 18.8. The number of nitrogens with zero attached hydrogens (tertiary/aromatic N) is 2. The van der Waals surface area contributed by atoms with Gasteiger partial charge in [-0.1, -0.05) is 12.1 Å². The number of aromatic nitrogens is 1. The summed E-state index contributed by atoms with van der Waals surface area (Å²) in [4.78, 5) is 30.2. The van der Waals surface area contributed by atoms with Crippen molar-refractivity contribution in [2.75, 3.05) is 13.1 Å². The molecule has 4 rings (SSSR count). The zero-order valence-corrected chi connectivity index (χ0v) is 15.0. The number of ether oxygens (including phenoxy) is 1. The molecular formula is C21H22N2O4. The van der Waals surface area contributed by atoms with Crippen LogP contribution in [0.2, 0.25) is 0 Å². The van der Waals surface area contributed by atoms with Crippen LogP contribution in [0, 0.1) is 17.8 Å². The van der Waals surface area contributed by atoms with Gasteiger partial charge in [0.1, 0.15) is 12.4 Å². The molecule has 27 heavy (non-hydrogen) atoms. The SMILES string of the molecule is O=C(O)[C@H]1CN(C(=O)c2cccc(OCc3cccnc3)c2)C[C@@H]1C1CC1. The lowest BCUT2D eigenvalue weighted by Gasteiger charge is -2.17. The van der Waals surface area contributed by atoms with Crippen molar-refractivity contribution >= 4 is 11.9 Å². The molecule has 1 amide bonds. The first-order valence-electron chi connectivity index (χ1n) is 9.25. The van der Waals surface area contributed by atoms with Gasteiger partial charge in [-0.15, -0.1) is 0 Å². The molecule has 1 N–H and O–H groups in total. The Labute approximate surface area is 157 Å². The number of aliphatic carboxylic acids is 1. The molecule has 0 bridgehead atoms. The number of carboxylic acid groups (broad SMARTS) is 1. The average molecular weight is 366 g/mol. The molecule has 1 saturated heterocycles. The summed E-state index contributed by atoms with van der Waals surface area (Å²) in [6, 6.07) is 10.8. The third kappa shape index (κ3) is 3.94. The number of carbonyl (C=O) groups excluding carboxylic acids is 1. The highest BCUT2D eigenvalue weighted by Crippen LogP contribution is 2.44. The molecule has 2 aliphatic rings. The lowest BCUT2D eigenvalue weighted by Crippen LogP contribution is -2.29. The first-order valence-corrected chi connectivity index (χ1v) is 9.25. The van der Waals surface area contributed by atoms with Gasteiger partial charge in [-0.2, -0.15) is 0 Å². The Balaban J connectivity index is 1.43. The lowest BCUT2D eigenvalue weighted by molar-refractivity contribution is -0.142. The largest absolute Gasteiger partial charge is 0.489 e. The maximum atomic E-state index is 12.9. The normalized spacial score (nSPS) is 21.9. The van der Waals surface area contributed by atoms with Crippen molar-refractivity contribution in [2.24, 2.45) is 17.8 Å². The summed E-state index contributed by atoms with van der Waals surface area (Å²) in [6.07, 6.45) is 5.60. The molecule has 2 heterocycles. The Hall–Kier alpha value is -2.89. The van der Waals surface area contributed by atoms with Gasteiger partial charge < -0.3 is 14.7 Å². The van der Waals surface area contributed by atoms with Gasteiger partial charge in [0.05, 0.1) is 5.92 Å². The maximum Gasteiger partial charge on any atom is 0.308 e. The summed E-state index contributed by atoms with van der Waals surface area (Å²) in [5, 5.41) is 9.49. The van der Waals surface area contributed by atoms with Gasteiger partial charge in [-0.05, 0) is 48.9 Å². The number of likely N-dealkylation sites (tertiary alicyclic amines) is 1. The van der Waals surface area contributed by atoms with Crippen molar-refractivity contribution in [2.45, 2.75) is 19.4 Å². The molecule has 1 aromatic carbocycles. The Kier molecular flexibility index (Phi) is 4.79. The van der Waals surface area contributed by atoms with Gasteiger partial charge in [0.2, 0.25) is 0 Å². The molecule has 1 saturated carbocycles. The highest BCUT2D eigenvalue weighted by molar-refractivity contribution is 5.95. The number of rotatable bonds is 6. The van der Waals surface area contributed by atoms with Gasteiger partial charge in [-0.3, -0.25) is 14.6 Å². The van der Waals surface area contributed by atoms with Gasteiger partial charge in [0.25, 0.3) is 5.91 Å². The van der Waals surface area contributed by atoms with Crippen molar-refractivity contribution in [1.29, 1.82) is 0 Å². The summed E-state index contributed by atoms with van der Waals surface area (Å²) in [5.41, 5.74) is 1.48. The van der Waals surface area contributed by atoms with Gasteiger partial charge in [0.15, 0.2) is 0 Å². The first-order chi connectivity index (χ1) is 13.1. The second kappa shape index (κ2) is 7.39. The van der Waals surface area contributed by atoms with Crippen LogP contribution in [0.25, 0.3) is 0 Å². The van der Waals surface area contributed by atoms with Crippen molar-refractivity contribution in [3.8, 4) is 5.75 Å². The van der Waals surface area contributed by atoms with Gasteiger partial charge in [0, 0.05) is 36.6 Å². The molecule has 1 aliphatic heterocycles. The maximum absolute atomic E-state index is 12.9. The quantitative estimate of drug-likeness (QED) is 0.850. The molecule has 0 spiro atoms. The van der Waals surface area contributed by atoms with Crippen molar-refractivity contribution in [1.82, 2.24) is 9.88 Å². The number of hydrogen-bond acceptors (Lipinski definition) is 4. The van der Waals surface area contributed by atoms with Crippen LogP contribution in [0.15, 0.2) is 48.8 Å². The van der Waals surface area contributed by atoms with E-state index in [2.05, 4.69) is 4.98 Å². The molecule has 6 nitrogen and oxygen atoms in total. The van der Waals surface area contributed by atoms with Crippen LogP contribution in [0.1, 0.15) is 28.8 Å². The summed E-state index contributed by atoms with van der Waals surface area (Å²) in [5.74, 6) is -0.231. The van der Waals surface area contributed by atoms with Crippen molar-refractivity contribution in [3.05, 3.63) is 59.9 Å². The lowest BCUT2D eigenvalue weighted by atomic mass is 9.92. The van der Waals surface area contributed by atoms with Crippen molar-refractivity contribution in [3.63, 3.8) is 0 Å². The highest BCUT2D eigenvalue weighted by atomic mass is 16.5. The van der Waals surface area contributed by atoms with Gasteiger partial charge in [-0.25, -0.2) is 0 Å². The van der Waals surface area contributed by atoms with Crippen molar-refractivity contribution < 1.29 is 19.4 Å². The average Bonchev–Trinajstić information content (AvgIpc) is 3.44. The van der Waals surface area contributed by atoms with E-state index >= 15 is 0 Å². The van der Waals surface area contributed by atoms with Crippen LogP contribution in [0.3, 0.4) is 0 Å². The van der Waals surface area contributed by atoms with Crippen LogP contribution in [-0.4, -0.2) is 40.0 Å². The number of pyridine rings is 1. The second-order valence-corrected chi connectivity index (χ2v) is 7.33. The fraction of sp³-hybridized carbons (Fsp3) is 0.381. The number of hydrogen-bond donors (Lipinski definition) is 1. The molecule has 1 aromatic heterocycles. The minimum absolute atomic E-state index is 0.0801. The molecular weight excluding hydrogens is 344 g/mol.